The van der Waals surface area contributed by atoms with Crippen LogP contribution in [0.3, 0.4) is 0 Å². The van der Waals surface area contributed by atoms with Gasteiger partial charge in [-0.25, -0.2) is 12.8 Å². The van der Waals surface area contributed by atoms with E-state index in [4.69, 9.17) is 0 Å². The topological polar surface area (TPSA) is 37.4 Å². The Bertz CT molecular complexity index is 485. The van der Waals surface area contributed by atoms with Crippen molar-refractivity contribution >= 4 is 10.0 Å². The monoisotopic (exact) mass is 301 g/mol. The number of sulfonamides is 1. The molecule has 0 amide bonds. The van der Waals surface area contributed by atoms with E-state index >= 15 is 0 Å². The van der Waals surface area contributed by atoms with E-state index in [1.54, 1.807) is 12.1 Å². The molecule has 5 heteroatoms. The van der Waals surface area contributed by atoms with Crippen LogP contribution in [0.25, 0.3) is 0 Å². The van der Waals surface area contributed by atoms with Crippen molar-refractivity contribution in [2.45, 2.75) is 46.1 Å². The normalized spacial score (nSPS) is 12.0. The first-order valence-corrected chi connectivity index (χ1v) is 8.82. The van der Waals surface area contributed by atoms with Crippen LogP contribution in [0.1, 0.15) is 45.1 Å². The average molecular weight is 301 g/mol. The Morgan fingerprint density at radius 2 is 1.70 bits per heavy atom. The molecule has 1 rings (SSSR count). The summed E-state index contributed by atoms with van der Waals surface area (Å²) in [6.45, 7) is 4.81. The summed E-state index contributed by atoms with van der Waals surface area (Å²) in [5.41, 5.74) is 0.822. The highest BCUT2D eigenvalue weighted by atomic mass is 32.2. The van der Waals surface area contributed by atoms with Crippen LogP contribution >= 0.6 is 0 Å². The standard InChI is InChI=1S/C15H24FNO2S/c1-3-5-6-11-17(20(18,19)12-4-2)13-14-7-9-15(16)10-8-14/h7-10H,3-6,11-13H2,1-2H3. The van der Waals surface area contributed by atoms with Crippen LogP contribution in [0, 0.1) is 5.82 Å². The Balaban J connectivity index is 2.78. The zero-order chi connectivity index (χ0) is 15.0. The number of benzene rings is 1. The predicted molar refractivity (Wildman–Crippen MR) is 80.4 cm³/mol. The van der Waals surface area contributed by atoms with Gasteiger partial charge in [-0.3, -0.25) is 0 Å². The van der Waals surface area contributed by atoms with Crippen molar-refractivity contribution in [2.75, 3.05) is 12.3 Å². The maximum atomic E-state index is 12.9. The molecule has 0 fully saturated rings. The van der Waals surface area contributed by atoms with Crippen molar-refractivity contribution in [1.82, 2.24) is 4.31 Å². The van der Waals surface area contributed by atoms with Gasteiger partial charge >= 0.3 is 0 Å². The number of rotatable bonds is 9. The summed E-state index contributed by atoms with van der Waals surface area (Å²) in [4.78, 5) is 0. The van der Waals surface area contributed by atoms with Gasteiger partial charge in [-0.05, 0) is 30.5 Å². The molecule has 0 atom stereocenters. The maximum absolute atomic E-state index is 12.9. The van der Waals surface area contributed by atoms with Crippen molar-refractivity contribution in [3.63, 3.8) is 0 Å². The molecular formula is C15H24FNO2S. The van der Waals surface area contributed by atoms with E-state index in [1.165, 1.54) is 16.4 Å². The van der Waals surface area contributed by atoms with Gasteiger partial charge in [0.25, 0.3) is 0 Å². The Labute approximate surface area is 121 Å². The quantitative estimate of drug-likeness (QED) is 0.654. The van der Waals surface area contributed by atoms with E-state index < -0.39 is 10.0 Å². The smallest absolute Gasteiger partial charge is 0.212 e. The van der Waals surface area contributed by atoms with Gasteiger partial charge in [0.15, 0.2) is 0 Å². The highest BCUT2D eigenvalue weighted by molar-refractivity contribution is 7.89. The molecule has 0 spiro atoms. The lowest BCUT2D eigenvalue weighted by Crippen LogP contribution is -2.33. The summed E-state index contributed by atoms with van der Waals surface area (Å²) >= 11 is 0. The lowest BCUT2D eigenvalue weighted by atomic mass is 10.2. The van der Waals surface area contributed by atoms with Crippen LogP contribution in [-0.2, 0) is 16.6 Å². The highest BCUT2D eigenvalue weighted by Gasteiger charge is 2.20. The third-order valence-electron chi connectivity index (χ3n) is 3.14. The van der Waals surface area contributed by atoms with Gasteiger partial charge in [0.2, 0.25) is 10.0 Å². The molecule has 0 saturated carbocycles. The van der Waals surface area contributed by atoms with Gasteiger partial charge in [-0.15, -0.1) is 0 Å². The number of nitrogens with zero attached hydrogens (tertiary/aromatic N) is 1. The van der Waals surface area contributed by atoms with Gasteiger partial charge in [-0.1, -0.05) is 38.8 Å². The molecule has 1 aromatic carbocycles. The number of hydrogen-bond donors (Lipinski definition) is 0. The van der Waals surface area contributed by atoms with Gasteiger partial charge < -0.3 is 0 Å². The summed E-state index contributed by atoms with van der Waals surface area (Å²) in [5.74, 6) is -0.136. The first-order chi connectivity index (χ1) is 9.49. The molecule has 0 bridgehead atoms. The minimum Gasteiger partial charge on any atom is -0.212 e. The van der Waals surface area contributed by atoms with E-state index in [1.807, 2.05) is 6.92 Å². The molecular weight excluding hydrogens is 277 g/mol. The van der Waals surface area contributed by atoms with Crippen molar-refractivity contribution in [2.24, 2.45) is 0 Å². The molecule has 0 N–H and O–H groups in total. The SMILES string of the molecule is CCCCCN(Cc1ccc(F)cc1)S(=O)(=O)CCC. The van der Waals surface area contributed by atoms with Crippen molar-refractivity contribution in [1.29, 1.82) is 0 Å². The third-order valence-corrected chi connectivity index (χ3v) is 5.16. The van der Waals surface area contributed by atoms with Crippen LogP contribution in [0.15, 0.2) is 24.3 Å². The summed E-state index contributed by atoms with van der Waals surface area (Å²) in [6.07, 6.45) is 3.54. The second kappa shape index (κ2) is 8.37. The molecule has 1 aromatic rings. The van der Waals surface area contributed by atoms with Gasteiger partial charge in [0.05, 0.1) is 5.75 Å². The molecule has 0 unspecified atom stereocenters. The van der Waals surface area contributed by atoms with E-state index in [0.29, 0.717) is 19.5 Å². The van der Waals surface area contributed by atoms with E-state index in [9.17, 15) is 12.8 Å². The first-order valence-electron chi connectivity index (χ1n) is 7.22. The van der Waals surface area contributed by atoms with E-state index in [2.05, 4.69) is 6.92 Å². The molecule has 0 aliphatic heterocycles. The van der Waals surface area contributed by atoms with Crippen LogP contribution in [-0.4, -0.2) is 25.0 Å². The molecule has 3 nitrogen and oxygen atoms in total. The van der Waals surface area contributed by atoms with Gasteiger partial charge in [0.1, 0.15) is 5.82 Å². The molecule has 0 aromatic heterocycles. The van der Waals surface area contributed by atoms with Crippen LogP contribution in [0.2, 0.25) is 0 Å². The lowest BCUT2D eigenvalue weighted by molar-refractivity contribution is 0.394. The first kappa shape index (κ1) is 17.1. The number of halogens is 1. The van der Waals surface area contributed by atoms with Gasteiger partial charge in [0, 0.05) is 13.1 Å². The lowest BCUT2D eigenvalue weighted by Gasteiger charge is -2.22. The molecule has 0 aliphatic rings. The Morgan fingerprint density at radius 1 is 1.05 bits per heavy atom. The van der Waals surface area contributed by atoms with Crippen LogP contribution in [0.5, 0.6) is 0 Å². The second-order valence-electron chi connectivity index (χ2n) is 4.98. The fraction of sp³-hybridized carbons (Fsp3) is 0.600. The van der Waals surface area contributed by atoms with Gasteiger partial charge in [-0.2, -0.15) is 4.31 Å². The fourth-order valence-electron chi connectivity index (χ4n) is 2.04. The predicted octanol–water partition coefficient (Wildman–Crippen LogP) is 3.56. The number of hydrogen-bond acceptors (Lipinski definition) is 2. The molecule has 20 heavy (non-hydrogen) atoms. The van der Waals surface area contributed by atoms with Crippen LogP contribution < -0.4 is 0 Å². The Morgan fingerprint density at radius 3 is 2.25 bits per heavy atom. The zero-order valence-corrected chi connectivity index (χ0v) is 13.1. The van der Waals surface area contributed by atoms with Crippen molar-refractivity contribution in [3.05, 3.63) is 35.6 Å². The molecule has 0 saturated heterocycles. The Kier molecular flexibility index (Phi) is 7.16. The fourth-order valence-corrected chi connectivity index (χ4v) is 3.56. The maximum Gasteiger partial charge on any atom is 0.214 e. The second-order valence-corrected chi connectivity index (χ2v) is 7.07. The average Bonchev–Trinajstić information content (AvgIpc) is 2.40. The summed E-state index contributed by atoms with van der Waals surface area (Å²) in [6, 6.07) is 6.02. The minimum atomic E-state index is -3.22. The highest BCUT2D eigenvalue weighted by Crippen LogP contribution is 2.13. The van der Waals surface area contributed by atoms with Crippen molar-refractivity contribution in [3.8, 4) is 0 Å². The molecule has 0 heterocycles. The van der Waals surface area contributed by atoms with E-state index in [0.717, 1.165) is 24.8 Å². The third kappa shape index (κ3) is 5.59. The number of unbranched alkanes of at least 4 members (excludes halogenated alkanes) is 2. The molecule has 0 radical (unpaired) electrons. The summed E-state index contributed by atoms with van der Waals surface area (Å²) in [7, 11) is -3.22. The summed E-state index contributed by atoms with van der Waals surface area (Å²) < 4.78 is 38.9. The van der Waals surface area contributed by atoms with Crippen molar-refractivity contribution < 1.29 is 12.8 Å². The largest absolute Gasteiger partial charge is 0.214 e. The molecule has 114 valence electrons. The zero-order valence-electron chi connectivity index (χ0n) is 12.3. The Hall–Kier alpha value is -0.940. The minimum absolute atomic E-state index is 0.167. The van der Waals surface area contributed by atoms with E-state index in [-0.39, 0.29) is 11.6 Å². The van der Waals surface area contributed by atoms with Crippen LogP contribution in [0.4, 0.5) is 4.39 Å². The molecule has 0 aliphatic carbocycles. The summed E-state index contributed by atoms with van der Waals surface area (Å²) in [5, 5.41) is 0.